The van der Waals surface area contributed by atoms with Gasteiger partial charge in [-0.15, -0.1) is 0 Å². The van der Waals surface area contributed by atoms with Gasteiger partial charge in [0.05, 0.1) is 20.3 Å². The summed E-state index contributed by atoms with van der Waals surface area (Å²) in [5.74, 6) is 1.64. The van der Waals surface area contributed by atoms with E-state index in [1.54, 1.807) is 32.6 Å². The lowest BCUT2D eigenvalue weighted by atomic mass is 10.1. The second-order valence-corrected chi connectivity index (χ2v) is 8.48. The van der Waals surface area contributed by atoms with E-state index in [4.69, 9.17) is 9.47 Å². The average molecular weight is 468 g/mol. The van der Waals surface area contributed by atoms with E-state index in [0.717, 1.165) is 21.5 Å². The van der Waals surface area contributed by atoms with Crippen molar-refractivity contribution in [2.45, 2.75) is 46.7 Å². The van der Waals surface area contributed by atoms with Gasteiger partial charge >= 0.3 is 5.69 Å². The summed E-state index contributed by atoms with van der Waals surface area (Å²) in [4.78, 5) is 43.0. The third-order valence-corrected chi connectivity index (χ3v) is 6.63. The van der Waals surface area contributed by atoms with Crippen molar-refractivity contribution in [3.8, 4) is 11.5 Å². The minimum atomic E-state index is -0.866. The predicted octanol–water partition coefficient (Wildman–Crippen LogP) is 2.18. The van der Waals surface area contributed by atoms with Crippen LogP contribution in [-0.4, -0.2) is 43.1 Å². The van der Waals surface area contributed by atoms with Gasteiger partial charge in [0.25, 0.3) is 5.56 Å². The highest BCUT2D eigenvalue weighted by molar-refractivity contribution is 5.81. The molecule has 0 amide bonds. The molecule has 3 aromatic heterocycles. The molecule has 1 atom stereocenters. The van der Waals surface area contributed by atoms with Crippen molar-refractivity contribution in [1.29, 1.82) is 0 Å². The highest BCUT2D eigenvalue weighted by atomic mass is 16.5. The van der Waals surface area contributed by atoms with Crippen molar-refractivity contribution in [2.24, 2.45) is 7.05 Å². The number of rotatable bonds is 7. The van der Waals surface area contributed by atoms with Crippen LogP contribution in [0.5, 0.6) is 11.5 Å². The standard InChI is InChI=1S/C24H29N5O5/c1-13-14(2)28-20-21(26(5)24(32)29(22(20)31)15(3)16(4)30)25-23(28)27(13)11-10-17-8-9-18(33-6)19(12-17)34-7/h8-9,12,15H,10-11H2,1-7H3. The van der Waals surface area contributed by atoms with E-state index >= 15 is 0 Å². The van der Waals surface area contributed by atoms with Crippen LogP contribution in [0.1, 0.15) is 36.8 Å². The van der Waals surface area contributed by atoms with Crippen LogP contribution in [0.15, 0.2) is 27.8 Å². The number of ether oxygens (including phenoxy) is 2. The van der Waals surface area contributed by atoms with Gasteiger partial charge in [0.15, 0.2) is 28.4 Å². The first-order valence-electron chi connectivity index (χ1n) is 11.0. The number of Topliss-reactive ketones (excluding diaryl/α,β-unsaturated/α-hetero) is 1. The quantitative estimate of drug-likeness (QED) is 0.413. The molecule has 180 valence electrons. The lowest BCUT2D eigenvalue weighted by molar-refractivity contribution is -0.119. The molecule has 1 aromatic carbocycles. The Labute approximate surface area is 196 Å². The monoisotopic (exact) mass is 467 g/mol. The minimum absolute atomic E-state index is 0.264. The van der Waals surface area contributed by atoms with Crippen molar-refractivity contribution in [3.63, 3.8) is 0 Å². The minimum Gasteiger partial charge on any atom is -0.493 e. The summed E-state index contributed by atoms with van der Waals surface area (Å²) in [6.45, 7) is 7.42. The van der Waals surface area contributed by atoms with Crippen LogP contribution < -0.4 is 20.7 Å². The molecule has 0 saturated heterocycles. The van der Waals surface area contributed by atoms with Gasteiger partial charge < -0.3 is 14.0 Å². The highest BCUT2D eigenvalue weighted by Crippen LogP contribution is 2.28. The van der Waals surface area contributed by atoms with Gasteiger partial charge in [-0.2, -0.15) is 4.98 Å². The predicted molar refractivity (Wildman–Crippen MR) is 128 cm³/mol. The van der Waals surface area contributed by atoms with E-state index in [-0.39, 0.29) is 11.3 Å². The maximum atomic E-state index is 13.4. The molecule has 4 rings (SSSR count). The molecule has 0 fully saturated rings. The normalized spacial score (nSPS) is 12.4. The third kappa shape index (κ3) is 3.41. The van der Waals surface area contributed by atoms with E-state index in [1.807, 2.05) is 36.6 Å². The molecule has 10 heteroatoms. The van der Waals surface area contributed by atoms with Gasteiger partial charge in [-0.05, 0) is 51.8 Å². The van der Waals surface area contributed by atoms with Crippen LogP contribution in [0.25, 0.3) is 16.9 Å². The van der Waals surface area contributed by atoms with Crippen molar-refractivity contribution in [1.82, 2.24) is 23.1 Å². The molecule has 10 nitrogen and oxygen atoms in total. The number of benzene rings is 1. The molecule has 0 N–H and O–H groups in total. The number of carbonyl (C=O) groups excluding carboxylic acids is 1. The zero-order valence-corrected chi connectivity index (χ0v) is 20.5. The third-order valence-electron chi connectivity index (χ3n) is 6.63. The Morgan fingerprint density at radius 3 is 2.38 bits per heavy atom. The zero-order chi connectivity index (χ0) is 24.9. The summed E-state index contributed by atoms with van der Waals surface area (Å²) in [7, 11) is 4.77. The number of hydrogen-bond donors (Lipinski definition) is 0. The number of methoxy groups -OCH3 is 2. The van der Waals surface area contributed by atoms with Crippen LogP contribution in [0.3, 0.4) is 0 Å². The molecule has 4 aromatic rings. The van der Waals surface area contributed by atoms with E-state index < -0.39 is 17.3 Å². The van der Waals surface area contributed by atoms with Gasteiger partial charge in [-0.3, -0.25) is 18.6 Å². The second kappa shape index (κ2) is 8.51. The van der Waals surface area contributed by atoms with Crippen LogP contribution in [0.4, 0.5) is 0 Å². The second-order valence-electron chi connectivity index (χ2n) is 8.48. The molecular weight excluding hydrogens is 438 g/mol. The number of carbonyl (C=O) groups is 1. The first kappa shape index (κ1) is 23.3. The Balaban J connectivity index is 1.87. The Bertz CT molecular complexity index is 1550. The molecular formula is C24H29N5O5. The zero-order valence-electron chi connectivity index (χ0n) is 20.5. The molecule has 0 aliphatic heterocycles. The van der Waals surface area contributed by atoms with Crippen molar-refractivity contribution < 1.29 is 14.3 Å². The highest BCUT2D eigenvalue weighted by Gasteiger charge is 2.25. The van der Waals surface area contributed by atoms with Crippen molar-refractivity contribution in [2.75, 3.05) is 14.2 Å². The maximum Gasteiger partial charge on any atom is 0.333 e. The number of fused-ring (bicyclic) bond motifs is 3. The lowest BCUT2D eigenvalue weighted by Crippen LogP contribution is -2.42. The smallest absolute Gasteiger partial charge is 0.333 e. The molecule has 0 bridgehead atoms. The number of hydrogen-bond acceptors (Lipinski definition) is 6. The molecule has 0 aliphatic rings. The Kier molecular flexibility index (Phi) is 5.84. The number of ketones is 1. The van der Waals surface area contributed by atoms with Gasteiger partial charge in [0.2, 0.25) is 5.78 Å². The Hall–Kier alpha value is -3.82. The topological polar surface area (TPSA) is 102 Å². The SMILES string of the molecule is COc1ccc(CCn2c(C)c(C)n3c4c(=O)n(C(C)C(C)=O)c(=O)n(C)c4nc23)cc1OC. The number of imidazole rings is 2. The van der Waals surface area contributed by atoms with E-state index in [2.05, 4.69) is 4.98 Å². The van der Waals surface area contributed by atoms with Crippen LogP contribution >= 0.6 is 0 Å². The number of aryl methyl sites for hydroxylation is 4. The van der Waals surface area contributed by atoms with Gasteiger partial charge in [0.1, 0.15) is 0 Å². The summed E-state index contributed by atoms with van der Waals surface area (Å²) in [5, 5.41) is 0. The molecule has 0 radical (unpaired) electrons. The molecule has 0 saturated carbocycles. The lowest BCUT2D eigenvalue weighted by Gasteiger charge is -2.13. The van der Waals surface area contributed by atoms with Gasteiger partial charge in [-0.25, -0.2) is 9.36 Å². The largest absolute Gasteiger partial charge is 0.493 e. The van der Waals surface area contributed by atoms with Gasteiger partial charge in [0, 0.05) is 25.0 Å². The summed E-state index contributed by atoms with van der Waals surface area (Å²) in [6.07, 6.45) is 0.693. The average Bonchev–Trinajstić information content (AvgIpc) is 3.31. The number of nitrogens with zero attached hydrogens (tertiary/aromatic N) is 5. The fourth-order valence-electron chi connectivity index (χ4n) is 4.35. The summed E-state index contributed by atoms with van der Waals surface area (Å²) in [6, 6.07) is 4.93. The summed E-state index contributed by atoms with van der Waals surface area (Å²) in [5.41, 5.74) is 2.37. The fourth-order valence-corrected chi connectivity index (χ4v) is 4.35. The van der Waals surface area contributed by atoms with E-state index in [9.17, 15) is 14.4 Å². The molecule has 1 unspecified atom stereocenters. The van der Waals surface area contributed by atoms with Crippen LogP contribution in [0, 0.1) is 13.8 Å². The summed E-state index contributed by atoms with van der Waals surface area (Å²) < 4.78 is 16.9. The maximum absolute atomic E-state index is 13.4. The first-order chi connectivity index (χ1) is 16.1. The first-order valence-corrected chi connectivity index (χ1v) is 11.0. The molecule has 3 heterocycles. The summed E-state index contributed by atoms with van der Waals surface area (Å²) >= 11 is 0. The molecule has 0 spiro atoms. The van der Waals surface area contributed by atoms with Crippen molar-refractivity contribution >= 4 is 22.7 Å². The van der Waals surface area contributed by atoms with Crippen LogP contribution in [0.2, 0.25) is 0 Å². The van der Waals surface area contributed by atoms with E-state index in [1.165, 1.54) is 11.5 Å². The molecule has 0 aliphatic carbocycles. The number of aromatic nitrogens is 5. The molecule has 34 heavy (non-hydrogen) atoms. The Morgan fingerprint density at radius 2 is 1.76 bits per heavy atom. The van der Waals surface area contributed by atoms with E-state index in [0.29, 0.717) is 35.9 Å². The van der Waals surface area contributed by atoms with Crippen molar-refractivity contribution in [3.05, 3.63) is 56.0 Å². The Morgan fingerprint density at radius 1 is 1.09 bits per heavy atom. The van der Waals surface area contributed by atoms with Gasteiger partial charge in [-0.1, -0.05) is 6.07 Å². The van der Waals surface area contributed by atoms with Crippen LogP contribution in [-0.2, 0) is 24.8 Å². The fraction of sp³-hybridized carbons (Fsp3) is 0.417.